The van der Waals surface area contributed by atoms with E-state index in [4.69, 9.17) is 0 Å². The lowest BCUT2D eigenvalue weighted by molar-refractivity contribution is -0.137. The zero-order chi connectivity index (χ0) is 20.8. The highest BCUT2D eigenvalue weighted by molar-refractivity contribution is 14.0. The highest BCUT2D eigenvalue weighted by Crippen LogP contribution is 2.29. The number of aliphatic hydroxyl groups is 1. The Bertz CT molecular complexity index is 788. The van der Waals surface area contributed by atoms with E-state index in [9.17, 15) is 18.3 Å². The van der Waals surface area contributed by atoms with Crippen molar-refractivity contribution in [2.75, 3.05) is 19.6 Å². The molecule has 0 saturated carbocycles. The van der Waals surface area contributed by atoms with Crippen molar-refractivity contribution in [2.45, 2.75) is 32.0 Å². The molecular weight excluding hydrogens is 498 g/mol. The topological polar surface area (TPSA) is 74.5 Å². The maximum Gasteiger partial charge on any atom is 0.416 e. The van der Waals surface area contributed by atoms with E-state index in [1.165, 1.54) is 12.1 Å². The lowest BCUT2D eigenvalue weighted by atomic mass is 10.0. The van der Waals surface area contributed by atoms with Crippen molar-refractivity contribution in [3.63, 3.8) is 0 Å². The van der Waals surface area contributed by atoms with Gasteiger partial charge in [-0.2, -0.15) is 18.3 Å². The largest absolute Gasteiger partial charge is 0.416 e. The summed E-state index contributed by atoms with van der Waals surface area (Å²) in [6, 6.07) is 5.11. The van der Waals surface area contributed by atoms with Crippen molar-refractivity contribution >= 4 is 29.9 Å². The molecule has 0 aliphatic rings. The zero-order valence-electron chi connectivity index (χ0n) is 16.6. The van der Waals surface area contributed by atoms with Gasteiger partial charge in [0, 0.05) is 31.9 Å². The fourth-order valence-corrected chi connectivity index (χ4v) is 2.55. The summed E-state index contributed by atoms with van der Waals surface area (Å²) in [6.45, 7) is 4.85. The summed E-state index contributed by atoms with van der Waals surface area (Å²) in [7, 11) is 1.77. The number of aromatic nitrogens is 2. The third-order valence-corrected chi connectivity index (χ3v) is 4.20. The van der Waals surface area contributed by atoms with Gasteiger partial charge in [-0.3, -0.25) is 4.68 Å². The Morgan fingerprint density at radius 1 is 1.17 bits per heavy atom. The first-order valence-corrected chi connectivity index (χ1v) is 9.01. The predicted octanol–water partition coefficient (Wildman–Crippen LogP) is 3.06. The Kier molecular flexibility index (Phi) is 9.40. The number of hydrogen-bond acceptors (Lipinski definition) is 3. The van der Waals surface area contributed by atoms with Crippen LogP contribution in [0.4, 0.5) is 13.2 Å². The van der Waals surface area contributed by atoms with Crippen molar-refractivity contribution in [1.82, 2.24) is 20.4 Å². The highest BCUT2D eigenvalue weighted by Gasteiger charge is 2.29. The van der Waals surface area contributed by atoms with E-state index < -0.39 is 17.3 Å². The Morgan fingerprint density at radius 2 is 1.83 bits per heavy atom. The quantitative estimate of drug-likeness (QED) is 0.295. The fraction of sp³-hybridized carbons (Fsp3) is 0.474. The summed E-state index contributed by atoms with van der Waals surface area (Å²) in [4.78, 5) is 4.41. The summed E-state index contributed by atoms with van der Waals surface area (Å²) >= 11 is 0. The summed E-state index contributed by atoms with van der Waals surface area (Å²) in [5, 5.41) is 20.9. The van der Waals surface area contributed by atoms with Gasteiger partial charge in [0.15, 0.2) is 5.96 Å². The molecular formula is C19H27F3IN5O. The molecule has 2 rings (SSSR count). The van der Waals surface area contributed by atoms with Gasteiger partial charge in [0.1, 0.15) is 5.60 Å². The normalized spacial score (nSPS) is 14.1. The molecule has 162 valence electrons. The van der Waals surface area contributed by atoms with Gasteiger partial charge in [-0.1, -0.05) is 12.1 Å². The molecule has 1 heterocycles. The second kappa shape index (κ2) is 10.8. The number of halogens is 4. The lowest BCUT2D eigenvalue weighted by Gasteiger charge is -2.20. The van der Waals surface area contributed by atoms with Crippen LogP contribution in [-0.4, -0.2) is 40.5 Å². The van der Waals surface area contributed by atoms with Crippen LogP contribution in [0.5, 0.6) is 0 Å². The first-order chi connectivity index (χ1) is 13.1. The highest BCUT2D eigenvalue weighted by atomic mass is 127. The molecule has 0 spiro atoms. The summed E-state index contributed by atoms with van der Waals surface area (Å²) in [6.07, 6.45) is -0.449. The number of aliphatic imine (C=N–C) groups is 1. The SMILES string of the molecule is CCNC(=NCC(C)(O)c1cnn(C)c1)NCCc1ccc(C(F)(F)F)cc1.I. The van der Waals surface area contributed by atoms with Crippen LogP contribution in [-0.2, 0) is 25.2 Å². The first-order valence-electron chi connectivity index (χ1n) is 9.01. The minimum atomic E-state index is -4.33. The number of aryl methyl sites for hydroxylation is 1. The van der Waals surface area contributed by atoms with E-state index in [1.807, 2.05) is 6.92 Å². The molecule has 0 bridgehead atoms. The average Bonchev–Trinajstić information content (AvgIpc) is 3.07. The average molecular weight is 525 g/mol. The molecule has 1 aromatic heterocycles. The van der Waals surface area contributed by atoms with Crippen LogP contribution < -0.4 is 10.6 Å². The third kappa shape index (κ3) is 7.84. The molecule has 1 atom stereocenters. The Hall–Kier alpha value is -1.82. The van der Waals surface area contributed by atoms with E-state index in [0.717, 1.165) is 17.7 Å². The predicted molar refractivity (Wildman–Crippen MR) is 117 cm³/mol. The van der Waals surface area contributed by atoms with Gasteiger partial charge in [0.05, 0.1) is 18.3 Å². The number of benzene rings is 1. The van der Waals surface area contributed by atoms with Crippen LogP contribution in [0.1, 0.15) is 30.5 Å². The van der Waals surface area contributed by atoms with Crippen LogP contribution in [0.15, 0.2) is 41.7 Å². The van der Waals surface area contributed by atoms with E-state index in [-0.39, 0.29) is 30.5 Å². The summed E-state index contributed by atoms with van der Waals surface area (Å²) in [5.41, 5.74) is -0.362. The number of alkyl halides is 3. The van der Waals surface area contributed by atoms with Crippen molar-refractivity contribution in [3.8, 4) is 0 Å². The van der Waals surface area contributed by atoms with Crippen LogP contribution in [0, 0.1) is 0 Å². The second-order valence-corrected chi connectivity index (χ2v) is 6.74. The van der Waals surface area contributed by atoms with Gasteiger partial charge in [-0.25, -0.2) is 4.99 Å². The fourth-order valence-electron chi connectivity index (χ4n) is 2.55. The van der Waals surface area contributed by atoms with E-state index in [1.54, 1.807) is 31.0 Å². The molecule has 1 aromatic carbocycles. The smallest absolute Gasteiger partial charge is 0.383 e. The first kappa shape index (κ1) is 25.2. The number of nitrogens with zero attached hydrogens (tertiary/aromatic N) is 3. The van der Waals surface area contributed by atoms with Gasteiger partial charge < -0.3 is 15.7 Å². The molecule has 6 nitrogen and oxygen atoms in total. The molecule has 0 radical (unpaired) electrons. The maximum absolute atomic E-state index is 12.6. The van der Waals surface area contributed by atoms with Gasteiger partial charge in [-0.05, 0) is 38.0 Å². The van der Waals surface area contributed by atoms with Gasteiger partial charge in [0.25, 0.3) is 0 Å². The van der Waals surface area contributed by atoms with E-state index >= 15 is 0 Å². The number of guanidine groups is 1. The summed E-state index contributed by atoms with van der Waals surface area (Å²) in [5.74, 6) is 0.526. The van der Waals surface area contributed by atoms with Crippen molar-refractivity contribution in [2.24, 2.45) is 12.0 Å². The molecule has 29 heavy (non-hydrogen) atoms. The van der Waals surface area contributed by atoms with Gasteiger partial charge >= 0.3 is 6.18 Å². The molecule has 2 aromatic rings. The molecule has 0 fully saturated rings. The number of nitrogens with one attached hydrogen (secondary N) is 2. The van der Waals surface area contributed by atoms with Crippen molar-refractivity contribution < 1.29 is 18.3 Å². The molecule has 1 unspecified atom stereocenters. The lowest BCUT2D eigenvalue weighted by Crippen LogP contribution is -2.39. The minimum Gasteiger partial charge on any atom is -0.383 e. The van der Waals surface area contributed by atoms with Crippen LogP contribution >= 0.6 is 24.0 Å². The molecule has 0 amide bonds. The Morgan fingerprint density at radius 3 is 2.34 bits per heavy atom. The monoisotopic (exact) mass is 525 g/mol. The van der Waals surface area contributed by atoms with Gasteiger partial charge in [-0.15, -0.1) is 24.0 Å². The van der Waals surface area contributed by atoms with Gasteiger partial charge in [0.2, 0.25) is 0 Å². The summed E-state index contributed by atoms with van der Waals surface area (Å²) < 4.78 is 39.4. The standard InChI is InChI=1S/C19H26F3N5O.HI/c1-4-23-17(25-13-18(2,28)16-11-26-27(3)12-16)24-10-9-14-5-7-15(8-6-14)19(20,21)22;/h5-8,11-12,28H,4,9-10,13H2,1-3H3,(H2,23,24,25);1H. The van der Waals surface area contributed by atoms with E-state index in [2.05, 4.69) is 20.7 Å². The van der Waals surface area contributed by atoms with Crippen LogP contribution in [0.25, 0.3) is 0 Å². The molecule has 10 heteroatoms. The third-order valence-electron chi connectivity index (χ3n) is 4.20. The Labute approximate surface area is 185 Å². The van der Waals surface area contributed by atoms with Crippen molar-refractivity contribution in [3.05, 3.63) is 53.3 Å². The second-order valence-electron chi connectivity index (χ2n) is 6.74. The molecule has 0 saturated heterocycles. The minimum absolute atomic E-state index is 0. The molecule has 0 aliphatic heterocycles. The maximum atomic E-state index is 12.6. The molecule has 0 aliphatic carbocycles. The van der Waals surface area contributed by atoms with Crippen molar-refractivity contribution in [1.29, 1.82) is 0 Å². The Balaban J connectivity index is 0.00000420. The van der Waals surface area contributed by atoms with Crippen LogP contribution in [0.2, 0.25) is 0 Å². The number of rotatable bonds is 7. The molecule has 3 N–H and O–H groups in total. The number of hydrogen-bond donors (Lipinski definition) is 3. The van der Waals surface area contributed by atoms with Crippen LogP contribution in [0.3, 0.4) is 0 Å². The van der Waals surface area contributed by atoms with E-state index in [0.29, 0.717) is 31.0 Å². The zero-order valence-corrected chi connectivity index (χ0v) is 19.0.